The van der Waals surface area contributed by atoms with Crippen LogP contribution in [0.3, 0.4) is 0 Å². The van der Waals surface area contributed by atoms with E-state index in [0.717, 1.165) is 15.8 Å². The van der Waals surface area contributed by atoms with E-state index >= 15 is 0 Å². The second-order valence-corrected chi connectivity index (χ2v) is 5.82. The van der Waals surface area contributed by atoms with Crippen LogP contribution in [0.4, 0.5) is 0 Å². The fourth-order valence-corrected chi connectivity index (χ4v) is 2.63. The van der Waals surface area contributed by atoms with Crippen molar-refractivity contribution in [3.63, 3.8) is 0 Å². The van der Waals surface area contributed by atoms with Crippen LogP contribution >= 0.6 is 27.7 Å². The number of benzene rings is 2. The summed E-state index contributed by atoms with van der Waals surface area (Å²) < 4.78 is 1.09. The summed E-state index contributed by atoms with van der Waals surface area (Å²) >= 11 is 5.19. The molecule has 0 spiro atoms. The topological polar surface area (TPSA) is 49.9 Å². The smallest absolute Gasteiger partial charge is 0.122 e. The average Bonchev–Trinajstić information content (AvgIpc) is 2.38. The van der Waals surface area contributed by atoms with Crippen molar-refractivity contribution < 1.29 is 0 Å². The molecular formula is C14H13BrN2S. The highest BCUT2D eigenvalue weighted by molar-refractivity contribution is 9.10. The molecule has 2 nitrogen and oxygen atoms in total. The molecule has 0 aliphatic carbocycles. The van der Waals surface area contributed by atoms with Gasteiger partial charge in [0.2, 0.25) is 0 Å². The SMILES string of the molecule is N=C(N)c1cccc(CSc2ccc(Br)cc2)c1. The zero-order valence-corrected chi connectivity index (χ0v) is 12.1. The van der Waals surface area contributed by atoms with Crippen LogP contribution in [0.1, 0.15) is 11.1 Å². The first kappa shape index (κ1) is 13.2. The van der Waals surface area contributed by atoms with Crippen LogP contribution in [-0.2, 0) is 5.75 Å². The molecular weight excluding hydrogens is 308 g/mol. The molecule has 2 aromatic carbocycles. The number of nitrogen functional groups attached to an aromatic ring is 1. The van der Waals surface area contributed by atoms with E-state index in [9.17, 15) is 0 Å². The molecule has 2 aromatic rings. The maximum atomic E-state index is 7.42. The molecule has 4 heteroatoms. The van der Waals surface area contributed by atoms with Crippen molar-refractivity contribution in [2.45, 2.75) is 10.6 Å². The maximum absolute atomic E-state index is 7.42. The van der Waals surface area contributed by atoms with E-state index in [1.54, 1.807) is 11.8 Å². The van der Waals surface area contributed by atoms with Gasteiger partial charge in [0.1, 0.15) is 5.84 Å². The molecule has 0 amide bonds. The van der Waals surface area contributed by atoms with Crippen LogP contribution in [0, 0.1) is 5.41 Å². The van der Waals surface area contributed by atoms with Gasteiger partial charge >= 0.3 is 0 Å². The summed E-state index contributed by atoms with van der Waals surface area (Å²) in [6, 6.07) is 16.1. The lowest BCUT2D eigenvalue weighted by molar-refractivity contribution is 1.35. The van der Waals surface area contributed by atoms with Gasteiger partial charge in [-0.1, -0.05) is 34.1 Å². The molecule has 0 aliphatic heterocycles. The standard InChI is InChI=1S/C14H13BrN2S/c15-12-4-6-13(7-5-12)18-9-10-2-1-3-11(8-10)14(16)17/h1-8H,9H2,(H3,16,17). The highest BCUT2D eigenvalue weighted by atomic mass is 79.9. The van der Waals surface area contributed by atoms with Gasteiger partial charge in [0.15, 0.2) is 0 Å². The number of nitrogens with two attached hydrogens (primary N) is 1. The summed E-state index contributed by atoms with van der Waals surface area (Å²) in [6.07, 6.45) is 0. The Morgan fingerprint density at radius 3 is 2.56 bits per heavy atom. The number of nitrogens with one attached hydrogen (secondary N) is 1. The van der Waals surface area contributed by atoms with Crippen molar-refractivity contribution in [1.29, 1.82) is 5.41 Å². The van der Waals surface area contributed by atoms with E-state index in [1.165, 1.54) is 10.5 Å². The van der Waals surface area contributed by atoms with Gasteiger partial charge in [-0.05, 0) is 35.9 Å². The van der Waals surface area contributed by atoms with Crippen molar-refractivity contribution in [3.8, 4) is 0 Å². The fraction of sp³-hybridized carbons (Fsp3) is 0.0714. The summed E-state index contributed by atoms with van der Waals surface area (Å²) in [5.41, 5.74) is 7.44. The van der Waals surface area contributed by atoms with Crippen LogP contribution in [0.5, 0.6) is 0 Å². The summed E-state index contributed by atoms with van der Waals surface area (Å²) in [4.78, 5) is 1.23. The number of thioether (sulfide) groups is 1. The Balaban J connectivity index is 2.04. The van der Waals surface area contributed by atoms with Crippen LogP contribution in [0.15, 0.2) is 57.9 Å². The monoisotopic (exact) mass is 320 g/mol. The van der Waals surface area contributed by atoms with Gasteiger partial charge in [-0.3, -0.25) is 5.41 Å². The molecule has 0 saturated heterocycles. The van der Waals surface area contributed by atoms with Crippen molar-refractivity contribution in [3.05, 3.63) is 64.1 Å². The van der Waals surface area contributed by atoms with Gasteiger partial charge in [-0.2, -0.15) is 0 Å². The van der Waals surface area contributed by atoms with Crippen molar-refractivity contribution >= 4 is 33.5 Å². The first-order valence-electron chi connectivity index (χ1n) is 5.47. The maximum Gasteiger partial charge on any atom is 0.122 e. The van der Waals surface area contributed by atoms with E-state index in [1.807, 2.05) is 30.3 Å². The molecule has 2 rings (SSSR count). The summed E-state index contributed by atoms with van der Waals surface area (Å²) in [7, 11) is 0. The lowest BCUT2D eigenvalue weighted by Gasteiger charge is -2.04. The van der Waals surface area contributed by atoms with Gasteiger partial charge < -0.3 is 5.73 Å². The van der Waals surface area contributed by atoms with Crippen LogP contribution in [-0.4, -0.2) is 5.84 Å². The minimum atomic E-state index is 0.116. The second-order valence-electron chi connectivity index (χ2n) is 3.86. The van der Waals surface area contributed by atoms with Gasteiger partial charge in [0, 0.05) is 20.7 Å². The van der Waals surface area contributed by atoms with Crippen molar-refractivity contribution in [2.75, 3.05) is 0 Å². The molecule has 0 bridgehead atoms. The highest BCUT2D eigenvalue weighted by Gasteiger charge is 2.00. The van der Waals surface area contributed by atoms with E-state index in [-0.39, 0.29) is 5.84 Å². The van der Waals surface area contributed by atoms with Gasteiger partial charge in [-0.15, -0.1) is 11.8 Å². The Kier molecular flexibility index (Phi) is 4.44. The molecule has 0 aliphatic rings. The Bertz CT molecular complexity index is 552. The van der Waals surface area contributed by atoms with E-state index in [2.05, 4.69) is 34.1 Å². The molecule has 92 valence electrons. The number of rotatable bonds is 4. The van der Waals surface area contributed by atoms with E-state index in [0.29, 0.717) is 0 Å². The van der Waals surface area contributed by atoms with Crippen LogP contribution < -0.4 is 5.73 Å². The molecule has 0 unspecified atom stereocenters. The minimum Gasteiger partial charge on any atom is -0.384 e. The zero-order valence-electron chi connectivity index (χ0n) is 9.69. The van der Waals surface area contributed by atoms with Gasteiger partial charge in [0.25, 0.3) is 0 Å². The summed E-state index contributed by atoms with van der Waals surface area (Å²) in [5.74, 6) is 0.994. The number of amidine groups is 1. The molecule has 18 heavy (non-hydrogen) atoms. The third-order valence-corrected chi connectivity index (χ3v) is 4.07. The number of hydrogen-bond donors (Lipinski definition) is 2. The normalized spacial score (nSPS) is 10.3. The number of halogens is 1. The Hall–Kier alpha value is -1.26. The molecule has 0 aromatic heterocycles. The second kappa shape index (κ2) is 6.07. The summed E-state index contributed by atoms with van der Waals surface area (Å²) in [6.45, 7) is 0. The molecule has 0 heterocycles. The molecule has 0 atom stereocenters. The third-order valence-electron chi connectivity index (χ3n) is 2.46. The van der Waals surface area contributed by atoms with E-state index in [4.69, 9.17) is 11.1 Å². The number of hydrogen-bond acceptors (Lipinski definition) is 2. The predicted molar refractivity (Wildman–Crippen MR) is 81.2 cm³/mol. The Labute approximate surface area is 119 Å². The molecule has 0 saturated carbocycles. The third kappa shape index (κ3) is 3.62. The first-order valence-corrected chi connectivity index (χ1v) is 7.25. The van der Waals surface area contributed by atoms with Crippen molar-refractivity contribution in [2.24, 2.45) is 5.73 Å². The van der Waals surface area contributed by atoms with Gasteiger partial charge in [-0.25, -0.2) is 0 Å². The largest absolute Gasteiger partial charge is 0.384 e. The van der Waals surface area contributed by atoms with E-state index < -0.39 is 0 Å². The van der Waals surface area contributed by atoms with Gasteiger partial charge in [0.05, 0.1) is 0 Å². The first-order chi connectivity index (χ1) is 8.65. The molecule has 3 N–H and O–H groups in total. The zero-order chi connectivity index (χ0) is 13.0. The van der Waals surface area contributed by atoms with Crippen molar-refractivity contribution in [1.82, 2.24) is 0 Å². The van der Waals surface area contributed by atoms with Crippen LogP contribution in [0.25, 0.3) is 0 Å². The predicted octanol–water partition coefficient (Wildman–Crippen LogP) is 4.03. The van der Waals surface area contributed by atoms with Crippen LogP contribution in [0.2, 0.25) is 0 Å². The quantitative estimate of drug-likeness (QED) is 0.507. The average molecular weight is 321 g/mol. The molecule has 0 fully saturated rings. The highest BCUT2D eigenvalue weighted by Crippen LogP contribution is 2.24. The Morgan fingerprint density at radius 1 is 1.17 bits per heavy atom. The lowest BCUT2D eigenvalue weighted by Crippen LogP contribution is -2.10. The minimum absolute atomic E-state index is 0.116. The summed E-state index contributed by atoms with van der Waals surface area (Å²) in [5, 5.41) is 7.42. The Morgan fingerprint density at radius 2 is 1.89 bits per heavy atom. The fourth-order valence-electron chi connectivity index (χ4n) is 1.53. The molecule has 0 radical (unpaired) electrons. The lowest BCUT2D eigenvalue weighted by atomic mass is 10.1.